The van der Waals surface area contributed by atoms with Crippen molar-refractivity contribution >= 4 is 5.97 Å². The second-order valence-corrected chi connectivity index (χ2v) is 10.2. The van der Waals surface area contributed by atoms with Gasteiger partial charge in [-0.2, -0.15) is 0 Å². The molecule has 0 amide bonds. The van der Waals surface area contributed by atoms with Gasteiger partial charge < -0.3 is 15.3 Å². The Kier molecular flexibility index (Phi) is 4.31. The van der Waals surface area contributed by atoms with Crippen LogP contribution in [0.2, 0.25) is 0 Å². The molecule has 0 aromatic heterocycles. The first-order chi connectivity index (χ1) is 12.2. The van der Waals surface area contributed by atoms with Gasteiger partial charge in [-0.3, -0.25) is 0 Å². The number of carboxylic acid groups (broad SMARTS) is 1. The summed E-state index contributed by atoms with van der Waals surface area (Å²) in [6, 6.07) is 0. The zero-order chi connectivity index (χ0) is 18.7. The van der Waals surface area contributed by atoms with Gasteiger partial charge >= 0.3 is 5.97 Å². The Balaban J connectivity index is 1.61. The number of carboxylic acids is 1. The number of hydrogen-bond donors (Lipinski definition) is 3. The summed E-state index contributed by atoms with van der Waals surface area (Å²) in [5.74, 6) is 1.47. The second-order valence-electron chi connectivity index (χ2n) is 10.2. The molecule has 0 radical (unpaired) electrons. The normalized spacial score (nSPS) is 53.8. The van der Waals surface area contributed by atoms with E-state index in [1.807, 2.05) is 0 Å². The van der Waals surface area contributed by atoms with E-state index in [4.69, 9.17) is 5.11 Å². The number of aliphatic hydroxyl groups excluding tert-OH is 1. The third-order valence-electron chi connectivity index (χ3n) is 9.35. The van der Waals surface area contributed by atoms with Gasteiger partial charge in [0.2, 0.25) is 0 Å². The molecule has 0 heterocycles. The van der Waals surface area contributed by atoms with Crippen molar-refractivity contribution in [2.24, 2.45) is 34.5 Å². The predicted molar refractivity (Wildman–Crippen MR) is 99.5 cm³/mol. The van der Waals surface area contributed by atoms with Crippen molar-refractivity contribution < 1.29 is 20.1 Å². The summed E-state index contributed by atoms with van der Waals surface area (Å²) in [6.07, 6.45) is 11.8. The predicted octanol–water partition coefficient (Wildman–Crippen LogP) is 3.76. The molecule has 4 nitrogen and oxygen atoms in total. The standard InChI is InChI=1S/C22H34O4/c1-20-9-5-15(23)13-14(20)3-4-16-17(20)6-10-21(2)18(16)7-11-22(21,26)12-8-19(24)25/h8,12,14-18,23,26H,3-7,9-11,13H2,1-2H3,(H,24,25)/t14?,15?,16-,17+,18+,20+,21+,22+/m1/s1. The highest BCUT2D eigenvalue weighted by Gasteiger charge is 2.63. The van der Waals surface area contributed by atoms with Crippen molar-refractivity contribution in [2.45, 2.75) is 83.3 Å². The van der Waals surface area contributed by atoms with Crippen LogP contribution in [0.25, 0.3) is 0 Å². The van der Waals surface area contributed by atoms with E-state index in [1.54, 1.807) is 6.08 Å². The van der Waals surface area contributed by atoms with Gasteiger partial charge in [-0.15, -0.1) is 0 Å². The molecule has 0 saturated heterocycles. The number of fused-ring (bicyclic) bond motifs is 5. The quantitative estimate of drug-likeness (QED) is 0.654. The van der Waals surface area contributed by atoms with E-state index in [-0.39, 0.29) is 11.5 Å². The van der Waals surface area contributed by atoms with E-state index in [2.05, 4.69) is 13.8 Å². The third kappa shape index (κ3) is 2.51. The highest BCUT2D eigenvalue weighted by molar-refractivity contribution is 5.80. The summed E-state index contributed by atoms with van der Waals surface area (Å²) in [5.41, 5.74) is -0.861. The van der Waals surface area contributed by atoms with Crippen LogP contribution in [0.5, 0.6) is 0 Å². The average molecular weight is 363 g/mol. The monoisotopic (exact) mass is 362 g/mol. The lowest BCUT2D eigenvalue weighted by atomic mass is 9.44. The maximum absolute atomic E-state index is 11.3. The van der Waals surface area contributed by atoms with Gasteiger partial charge in [-0.1, -0.05) is 13.8 Å². The van der Waals surface area contributed by atoms with E-state index >= 15 is 0 Å². The highest BCUT2D eigenvalue weighted by atomic mass is 16.4. The lowest BCUT2D eigenvalue weighted by Gasteiger charge is -2.61. The van der Waals surface area contributed by atoms with Crippen LogP contribution in [0.1, 0.15) is 71.6 Å². The minimum atomic E-state index is -0.985. The fraction of sp³-hybridized carbons (Fsp3) is 0.864. The topological polar surface area (TPSA) is 77.8 Å². The summed E-state index contributed by atoms with van der Waals surface area (Å²) in [6.45, 7) is 4.67. The Hall–Kier alpha value is -0.870. The highest BCUT2D eigenvalue weighted by Crippen LogP contribution is 2.68. The van der Waals surface area contributed by atoms with Crippen LogP contribution in [0.15, 0.2) is 12.2 Å². The molecular weight excluding hydrogens is 328 g/mol. The summed E-state index contributed by atoms with van der Waals surface area (Å²) in [4.78, 5) is 11.0. The number of carbonyl (C=O) groups is 1. The first-order valence-electron chi connectivity index (χ1n) is 10.5. The van der Waals surface area contributed by atoms with Crippen molar-refractivity contribution in [3.8, 4) is 0 Å². The molecule has 4 aliphatic carbocycles. The molecule has 4 saturated carbocycles. The molecule has 4 fully saturated rings. The zero-order valence-corrected chi connectivity index (χ0v) is 16.2. The fourth-order valence-electron chi connectivity index (χ4n) is 7.77. The molecule has 146 valence electrons. The molecule has 0 aliphatic heterocycles. The molecule has 2 unspecified atom stereocenters. The van der Waals surface area contributed by atoms with E-state index in [9.17, 15) is 15.0 Å². The van der Waals surface area contributed by atoms with E-state index < -0.39 is 11.6 Å². The minimum Gasteiger partial charge on any atom is -0.478 e. The molecule has 8 atom stereocenters. The van der Waals surface area contributed by atoms with Crippen molar-refractivity contribution in [1.82, 2.24) is 0 Å². The molecule has 0 spiro atoms. The SMILES string of the molecule is C[C@]12CCC(O)CC1CC[C@@H]1[C@@H]2CC[C@@]2(C)[C@H]1CC[C@]2(O)C=CC(=O)O. The van der Waals surface area contributed by atoms with E-state index in [0.29, 0.717) is 35.5 Å². The maximum atomic E-state index is 11.3. The molecule has 4 rings (SSSR count). The van der Waals surface area contributed by atoms with Crippen LogP contribution in [0, 0.1) is 34.5 Å². The molecule has 3 N–H and O–H groups in total. The third-order valence-corrected chi connectivity index (χ3v) is 9.35. The van der Waals surface area contributed by atoms with Crippen molar-refractivity contribution in [1.29, 1.82) is 0 Å². The first-order valence-corrected chi connectivity index (χ1v) is 10.5. The van der Waals surface area contributed by atoms with Gasteiger partial charge in [-0.05, 0) is 93.0 Å². The van der Waals surface area contributed by atoms with Gasteiger partial charge in [0.25, 0.3) is 0 Å². The lowest BCUT2D eigenvalue weighted by molar-refractivity contribution is -0.147. The lowest BCUT2D eigenvalue weighted by Crippen LogP contribution is -2.56. The number of aliphatic carboxylic acids is 1. The number of hydrogen-bond acceptors (Lipinski definition) is 3. The Bertz CT molecular complexity index is 615. The average Bonchev–Trinajstić information content (AvgIpc) is 2.86. The molecule has 0 aromatic rings. The molecule has 26 heavy (non-hydrogen) atoms. The number of rotatable bonds is 2. The summed E-state index contributed by atoms with van der Waals surface area (Å²) < 4.78 is 0. The van der Waals surface area contributed by atoms with Crippen LogP contribution in [-0.2, 0) is 4.79 Å². The summed E-state index contributed by atoms with van der Waals surface area (Å²) >= 11 is 0. The van der Waals surface area contributed by atoms with Crippen molar-refractivity contribution in [3.63, 3.8) is 0 Å². The van der Waals surface area contributed by atoms with Gasteiger partial charge in [0.05, 0.1) is 11.7 Å². The van der Waals surface area contributed by atoms with Crippen LogP contribution in [-0.4, -0.2) is 33.0 Å². The molecule has 4 heteroatoms. The number of aliphatic hydroxyl groups is 2. The summed E-state index contributed by atoms with van der Waals surface area (Å²) in [7, 11) is 0. The Labute approximate surface area is 156 Å². The molecule has 0 aromatic carbocycles. The largest absolute Gasteiger partial charge is 0.478 e. The van der Waals surface area contributed by atoms with Crippen LogP contribution in [0.3, 0.4) is 0 Å². The van der Waals surface area contributed by atoms with Crippen molar-refractivity contribution in [3.05, 3.63) is 12.2 Å². The molecule has 4 aliphatic rings. The maximum Gasteiger partial charge on any atom is 0.328 e. The van der Waals surface area contributed by atoms with Gasteiger partial charge in [0, 0.05) is 11.5 Å². The summed E-state index contributed by atoms with van der Waals surface area (Å²) in [5, 5.41) is 30.5. The van der Waals surface area contributed by atoms with Gasteiger partial charge in [0.15, 0.2) is 0 Å². The van der Waals surface area contributed by atoms with Crippen LogP contribution >= 0.6 is 0 Å². The Morgan fingerprint density at radius 2 is 1.73 bits per heavy atom. The molecular formula is C22H34O4. The first kappa shape index (κ1) is 18.5. The Morgan fingerprint density at radius 1 is 1.00 bits per heavy atom. The zero-order valence-electron chi connectivity index (χ0n) is 16.2. The molecule has 0 bridgehead atoms. The second kappa shape index (κ2) is 6.07. The van der Waals surface area contributed by atoms with E-state index in [1.165, 1.54) is 12.8 Å². The van der Waals surface area contributed by atoms with Crippen LogP contribution in [0.4, 0.5) is 0 Å². The Morgan fingerprint density at radius 3 is 2.46 bits per heavy atom. The van der Waals surface area contributed by atoms with Crippen LogP contribution < -0.4 is 0 Å². The van der Waals surface area contributed by atoms with Gasteiger partial charge in [0.1, 0.15) is 0 Å². The van der Waals surface area contributed by atoms with Gasteiger partial charge in [-0.25, -0.2) is 4.79 Å². The fourth-order valence-corrected chi connectivity index (χ4v) is 7.77. The minimum absolute atomic E-state index is 0.115. The van der Waals surface area contributed by atoms with Crippen molar-refractivity contribution in [2.75, 3.05) is 0 Å². The smallest absolute Gasteiger partial charge is 0.328 e. The van der Waals surface area contributed by atoms with E-state index in [0.717, 1.165) is 44.6 Å².